The van der Waals surface area contributed by atoms with E-state index in [1.165, 1.54) is 30.7 Å². The Morgan fingerprint density at radius 3 is 2.90 bits per heavy atom. The summed E-state index contributed by atoms with van der Waals surface area (Å²) in [5.41, 5.74) is 1.38. The second-order valence-corrected chi connectivity index (χ2v) is 5.64. The zero-order valence-corrected chi connectivity index (χ0v) is 13.2. The lowest BCUT2D eigenvalue weighted by molar-refractivity contribution is 0.101. The van der Waals surface area contributed by atoms with Gasteiger partial charge in [0, 0.05) is 11.8 Å². The summed E-state index contributed by atoms with van der Waals surface area (Å²) in [4.78, 5) is 16.6. The monoisotopic (exact) mass is 323 g/mol. The first-order valence-electron chi connectivity index (χ1n) is 6.16. The zero-order chi connectivity index (χ0) is 15.4. The number of carbonyl (C=O) groups is 1. The molecule has 0 bridgehead atoms. The predicted molar refractivity (Wildman–Crippen MR) is 85.5 cm³/mol. The largest absolute Gasteiger partial charge is 0.507 e. The topological polar surface area (TPSA) is 58.9 Å². The number of aromatic hydroxyl groups is 1. The number of hydrogen-bond acceptors (Lipinski definition) is 5. The van der Waals surface area contributed by atoms with Crippen molar-refractivity contribution in [2.24, 2.45) is 4.99 Å². The van der Waals surface area contributed by atoms with E-state index >= 15 is 0 Å². The van der Waals surface area contributed by atoms with Crippen LogP contribution in [0.4, 0.5) is 0 Å². The third-order valence-electron chi connectivity index (χ3n) is 2.85. The van der Waals surface area contributed by atoms with E-state index in [9.17, 15) is 9.90 Å². The SMILES string of the molecule is COc1ccc(O)c(C=NCC(=O)c2scc(C)c2Cl)c1. The van der Waals surface area contributed by atoms with Crippen molar-refractivity contribution in [3.8, 4) is 11.5 Å². The number of phenols is 1. The number of ketones is 1. The Labute approximate surface area is 131 Å². The average Bonchev–Trinajstić information content (AvgIpc) is 2.81. The molecule has 110 valence electrons. The highest BCUT2D eigenvalue weighted by molar-refractivity contribution is 7.13. The van der Waals surface area contributed by atoms with Crippen molar-refractivity contribution in [1.29, 1.82) is 0 Å². The minimum absolute atomic E-state index is 0.0175. The lowest BCUT2D eigenvalue weighted by Gasteiger charge is -2.02. The van der Waals surface area contributed by atoms with Gasteiger partial charge in [0.25, 0.3) is 0 Å². The van der Waals surface area contributed by atoms with E-state index in [0.29, 0.717) is 21.2 Å². The van der Waals surface area contributed by atoms with Crippen LogP contribution in [0.3, 0.4) is 0 Å². The molecule has 0 saturated heterocycles. The number of ether oxygens (including phenoxy) is 1. The Morgan fingerprint density at radius 1 is 1.52 bits per heavy atom. The van der Waals surface area contributed by atoms with E-state index in [-0.39, 0.29) is 18.1 Å². The highest BCUT2D eigenvalue weighted by atomic mass is 35.5. The molecule has 0 atom stereocenters. The number of carbonyl (C=O) groups excluding carboxylic acids is 1. The van der Waals surface area contributed by atoms with Gasteiger partial charge in [-0.2, -0.15) is 0 Å². The number of thiophene rings is 1. The number of nitrogens with zero attached hydrogens (tertiary/aromatic N) is 1. The molecule has 1 aromatic heterocycles. The molecule has 0 aliphatic heterocycles. The first-order valence-corrected chi connectivity index (χ1v) is 7.42. The average molecular weight is 324 g/mol. The summed E-state index contributed by atoms with van der Waals surface area (Å²) in [5.74, 6) is 0.547. The maximum Gasteiger partial charge on any atom is 0.195 e. The van der Waals surface area contributed by atoms with Gasteiger partial charge < -0.3 is 9.84 Å². The molecular weight excluding hydrogens is 310 g/mol. The van der Waals surface area contributed by atoms with Crippen LogP contribution in [-0.2, 0) is 0 Å². The quantitative estimate of drug-likeness (QED) is 0.673. The molecule has 21 heavy (non-hydrogen) atoms. The van der Waals surface area contributed by atoms with Crippen molar-refractivity contribution < 1.29 is 14.6 Å². The van der Waals surface area contributed by atoms with E-state index in [2.05, 4.69) is 4.99 Å². The summed E-state index contributed by atoms with van der Waals surface area (Å²) in [5, 5.41) is 12.0. The van der Waals surface area contributed by atoms with Crippen molar-refractivity contribution in [1.82, 2.24) is 0 Å². The van der Waals surface area contributed by atoms with Crippen molar-refractivity contribution in [3.63, 3.8) is 0 Å². The molecule has 0 unspecified atom stereocenters. The standard InChI is InChI=1S/C15H14ClNO3S/c1-9-8-21-15(14(9)16)13(19)7-17-6-10-5-11(20-2)3-4-12(10)18/h3-6,8,18H,7H2,1-2H3. The van der Waals surface area contributed by atoms with Gasteiger partial charge in [0.1, 0.15) is 18.0 Å². The number of Topliss-reactive ketones (excluding diaryl/α,β-unsaturated/α-hetero) is 1. The molecule has 1 aromatic carbocycles. The Bertz CT molecular complexity index is 694. The molecule has 2 rings (SSSR count). The Morgan fingerprint density at radius 2 is 2.29 bits per heavy atom. The number of phenolic OH excluding ortho intramolecular Hbond substituents is 1. The van der Waals surface area contributed by atoms with Crippen LogP contribution in [-0.4, -0.2) is 30.8 Å². The molecule has 0 fully saturated rings. The summed E-state index contributed by atoms with van der Waals surface area (Å²) in [6.07, 6.45) is 1.45. The van der Waals surface area contributed by atoms with Crippen molar-refractivity contribution >= 4 is 34.9 Å². The van der Waals surface area contributed by atoms with Gasteiger partial charge >= 0.3 is 0 Å². The summed E-state index contributed by atoms with van der Waals surface area (Å²) >= 11 is 7.36. The molecule has 2 aromatic rings. The van der Waals surface area contributed by atoms with Gasteiger partial charge in [0.05, 0.1) is 17.0 Å². The molecular formula is C15H14ClNO3S. The van der Waals surface area contributed by atoms with Crippen molar-refractivity contribution in [3.05, 3.63) is 44.6 Å². The lowest BCUT2D eigenvalue weighted by Crippen LogP contribution is -2.02. The number of aryl methyl sites for hydroxylation is 1. The van der Waals surface area contributed by atoms with Crippen LogP contribution >= 0.6 is 22.9 Å². The van der Waals surface area contributed by atoms with Crippen LogP contribution < -0.4 is 4.74 Å². The third-order valence-corrected chi connectivity index (χ3v) is 4.59. The molecule has 0 spiro atoms. The predicted octanol–water partition coefficient (Wildman–Crippen LogP) is 3.73. The van der Waals surface area contributed by atoms with Crippen LogP contribution in [0.5, 0.6) is 11.5 Å². The van der Waals surface area contributed by atoms with Gasteiger partial charge in [-0.05, 0) is 36.1 Å². The van der Waals surface area contributed by atoms with E-state index in [1.54, 1.807) is 12.1 Å². The van der Waals surface area contributed by atoms with E-state index in [4.69, 9.17) is 16.3 Å². The minimum Gasteiger partial charge on any atom is -0.507 e. The summed E-state index contributed by atoms with van der Waals surface area (Å²) in [6, 6.07) is 4.80. The van der Waals surface area contributed by atoms with Crippen LogP contribution in [0.1, 0.15) is 20.8 Å². The fourth-order valence-electron chi connectivity index (χ4n) is 1.68. The second kappa shape index (κ2) is 6.74. The van der Waals surface area contributed by atoms with Crippen molar-refractivity contribution in [2.75, 3.05) is 13.7 Å². The molecule has 0 radical (unpaired) electrons. The van der Waals surface area contributed by atoms with Gasteiger partial charge in [0.15, 0.2) is 5.78 Å². The number of methoxy groups -OCH3 is 1. The summed E-state index contributed by atoms with van der Waals surface area (Å²) in [6.45, 7) is 1.84. The molecule has 1 heterocycles. The maximum absolute atomic E-state index is 12.0. The Balaban J connectivity index is 2.09. The highest BCUT2D eigenvalue weighted by Gasteiger charge is 2.13. The highest BCUT2D eigenvalue weighted by Crippen LogP contribution is 2.27. The van der Waals surface area contributed by atoms with Crippen LogP contribution in [0.15, 0.2) is 28.6 Å². The third kappa shape index (κ3) is 3.62. The first-order chi connectivity index (χ1) is 10.0. The molecule has 0 amide bonds. The summed E-state index contributed by atoms with van der Waals surface area (Å²) in [7, 11) is 1.54. The van der Waals surface area contributed by atoms with Crippen molar-refractivity contribution in [2.45, 2.75) is 6.92 Å². The molecule has 6 heteroatoms. The fraction of sp³-hybridized carbons (Fsp3) is 0.200. The van der Waals surface area contributed by atoms with Gasteiger partial charge in [-0.25, -0.2) is 0 Å². The number of hydrogen-bond donors (Lipinski definition) is 1. The van der Waals surface area contributed by atoms with E-state index in [0.717, 1.165) is 5.56 Å². The number of rotatable bonds is 5. The summed E-state index contributed by atoms with van der Waals surface area (Å²) < 4.78 is 5.07. The lowest BCUT2D eigenvalue weighted by atomic mass is 10.2. The second-order valence-electron chi connectivity index (χ2n) is 4.38. The molecule has 0 aliphatic rings. The zero-order valence-electron chi connectivity index (χ0n) is 11.6. The number of halogens is 1. The Hall–Kier alpha value is -1.85. The molecule has 4 nitrogen and oxygen atoms in total. The number of benzene rings is 1. The maximum atomic E-state index is 12.0. The smallest absolute Gasteiger partial charge is 0.195 e. The number of aliphatic imine (C=N–C) groups is 1. The van der Waals surface area contributed by atoms with Crippen LogP contribution in [0, 0.1) is 6.92 Å². The van der Waals surface area contributed by atoms with Gasteiger partial charge in [0.2, 0.25) is 0 Å². The molecule has 0 saturated carbocycles. The van der Waals surface area contributed by atoms with Gasteiger partial charge in [-0.1, -0.05) is 11.6 Å². The van der Waals surface area contributed by atoms with Gasteiger partial charge in [-0.3, -0.25) is 9.79 Å². The van der Waals surface area contributed by atoms with E-state index < -0.39 is 0 Å². The normalized spacial score (nSPS) is 11.0. The Kier molecular flexibility index (Phi) is 4.98. The van der Waals surface area contributed by atoms with Crippen LogP contribution in [0.25, 0.3) is 0 Å². The fourth-order valence-corrected chi connectivity index (χ4v) is 2.91. The van der Waals surface area contributed by atoms with E-state index in [1.807, 2.05) is 12.3 Å². The minimum atomic E-state index is -0.142. The first kappa shape index (κ1) is 15.5. The van der Waals surface area contributed by atoms with Gasteiger partial charge in [-0.15, -0.1) is 11.3 Å². The van der Waals surface area contributed by atoms with Crippen LogP contribution in [0.2, 0.25) is 5.02 Å². The molecule has 0 aliphatic carbocycles. The molecule has 1 N–H and O–H groups in total.